The molecule has 0 saturated heterocycles. The van der Waals surface area contributed by atoms with Gasteiger partial charge in [-0.1, -0.05) is 17.7 Å². The van der Waals surface area contributed by atoms with Crippen LogP contribution in [0.15, 0.2) is 66.1 Å². The standard InChI is InChI=1S/C22H15ClN4O2S/c1-14-8-21(23)16(11-24)10-20(14)22-19-3-2-18(9-15(19)4-7-26-22)30(28,29)12-17-5-6-25-13-27-17/h2-10,13H,12H2,1H3. The fourth-order valence-corrected chi connectivity index (χ4v) is 4.83. The van der Waals surface area contributed by atoms with E-state index in [2.05, 4.69) is 21.0 Å². The van der Waals surface area contributed by atoms with E-state index in [4.69, 9.17) is 11.6 Å². The van der Waals surface area contributed by atoms with E-state index >= 15 is 0 Å². The molecule has 148 valence electrons. The van der Waals surface area contributed by atoms with Crippen molar-refractivity contribution in [2.75, 3.05) is 0 Å². The first kappa shape index (κ1) is 20.0. The highest BCUT2D eigenvalue weighted by atomic mass is 35.5. The average molecular weight is 435 g/mol. The summed E-state index contributed by atoms with van der Waals surface area (Å²) in [5.74, 6) is -0.208. The molecule has 0 bridgehead atoms. The molecule has 0 radical (unpaired) electrons. The van der Waals surface area contributed by atoms with E-state index in [1.807, 2.05) is 6.92 Å². The Labute approximate surface area is 178 Å². The SMILES string of the molecule is Cc1cc(Cl)c(C#N)cc1-c1nccc2cc(S(=O)(=O)Cc3ccncn3)ccc12. The molecule has 0 atom stereocenters. The van der Waals surface area contributed by atoms with E-state index in [-0.39, 0.29) is 10.6 Å². The maximum atomic E-state index is 12.8. The Hall–Kier alpha value is -3.34. The number of nitriles is 1. The Morgan fingerprint density at radius 2 is 1.90 bits per heavy atom. The highest BCUT2D eigenvalue weighted by Crippen LogP contribution is 2.33. The number of hydrogen-bond acceptors (Lipinski definition) is 6. The van der Waals surface area contributed by atoms with Crippen LogP contribution in [0.1, 0.15) is 16.8 Å². The van der Waals surface area contributed by atoms with Crippen LogP contribution in [0, 0.1) is 18.3 Å². The maximum Gasteiger partial charge on any atom is 0.184 e. The van der Waals surface area contributed by atoms with Crippen LogP contribution in [0.3, 0.4) is 0 Å². The largest absolute Gasteiger partial charge is 0.256 e. The molecule has 4 rings (SSSR count). The van der Waals surface area contributed by atoms with Gasteiger partial charge in [-0.05, 0) is 54.3 Å². The van der Waals surface area contributed by atoms with E-state index in [9.17, 15) is 13.7 Å². The summed E-state index contributed by atoms with van der Waals surface area (Å²) >= 11 is 6.13. The molecular formula is C22H15ClN4O2S. The first-order chi connectivity index (χ1) is 14.4. The number of aromatic nitrogens is 3. The van der Waals surface area contributed by atoms with Gasteiger partial charge in [0.25, 0.3) is 0 Å². The number of sulfone groups is 1. The molecule has 0 aliphatic heterocycles. The fourth-order valence-electron chi connectivity index (χ4n) is 3.26. The zero-order chi connectivity index (χ0) is 21.3. The van der Waals surface area contributed by atoms with Crippen LogP contribution in [0.4, 0.5) is 0 Å². The number of hydrogen-bond donors (Lipinski definition) is 0. The minimum Gasteiger partial charge on any atom is -0.256 e. The highest BCUT2D eigenvalue weighted by molar-refractivity contribution is 7.90. The van der Waals surface area contributed by atoms with Crippen molar-refractivity contribution in [1.82, 2.24) is 15.0 Å². The molecule has 0 amide bonds. The second-order valence-corrected chi connectivity index (χ2v) is 9.16. The summed E-state index contributed by atoms with van der Waals surface area (Å²) in [7, 11) is -3.58. The van der Waals surface area contributed by atoms with E-state index in [0.717, 1.165) is 21.9 Å². The summed E-state index contributed by atoms with van der Waals surface area (Å²) in [5, 5.41) is 11.2. The Balaban J connectivity index is 1.81. The Bertz CT molecular complexity index is 1410. The van der Waals surface area contributed by atoms with Crippen molar-refractivity contribution in [3.63, 3.8) is 0 Å². The van der Waals surface area contributed by atoms with Crippen molar-refractivity contribution < 1.29 is 8.42 Å². The third-order valence-electron chi connectivity index (χ3n) is 4.77. The van der Waals surface area contributed by atoms with Crippen LogP contribution in [0.5, 0.6) is 0 Å². The summed E-state index contributed by atoms with van der Waals surface area (Å²) < 4.78 is 25.7. The molecule has 0 unspecified atom stereocenters. The molecule has 2 aromatic heterocycles. The fraction of sp³-hybridized carbons (Fsp3) is 0.0909. The molecule has 0 aliphatic carbocycles. The number of aryl methyl sites for hydroxylation is 1. The number of rotatable bonds is 4. The van der Waals surface area contributed by atoms with Gasteiger partial charge in [-0.3, -0.25) is 4.98 Å². The first-order valence-corrected chi connectivity index (χ1v) is 11.0. The second kappa shape index (κ2) is 7.82. The molecule has 0 spiro atoms. The Morgan fingerprint density at radius 1 is 1.07 bits per heavy atom. The van der Waals surface area contributed by atoms with Gasteiger partial charge in [0, 0.05) is 23.3 Å². The molecule has 6 nitrogen and oxygen atoms in total. The lowest BCUT2D eigenvalue weighted by Crippen LogP contribution is -2.06. The van der Waals surface area contributed by atoms with Gasteiger partial charge in [-0.2, -0.15) is 5.26 Å². The predicted octanol–water partition coefficient (Wildman–Crippen LogP) is 4.50. The Morgan fingerprint density at radius 3 is 2.63 bits per heavy atom. The van der Waals surface area contributed by atoms with Crippen LogP contribution < -0.4 is 0 Å². The van der Waals surface area contributed by atoms with Crippen LogP contribution in [0.2, 0.25) is 5.02 Å². The lowest BCUT2D eigenvalue weighted by Gasteiger charge is -2.11. The summed E-state index contributed by atoms with van der Waals surface area (Å²) in [6.07, 6.45) is 4.46. The maximum absolute atomic E-state index is 12.8. The van der Waals surface area contributed by atoms with Crippen molar-refractivity contribution in [2.24, 2.45) is 0 Å². The molecule has 4 aromatic rings. The first-order valence-electron chi connectivity index (χ1n) is 8.96. The lowest BCUT2D eigenvalue weighted by molar-refractivity contribution is 0.594. The average Bonchev–Trinajstić information content (AvgIpc) is 2.73. The second-order valence-electron chi connectivity index (χ2n) is 6.76. The number of halogens is 1. The van der Waals surface area contributed by atoms with Gasteiger partial charge in [-0.25, -0.2) is 18.4 Å². The smallest absolute Gasteiger partial charge is 0.184 e. The van der Waals surface area contributed by atoms with Crippen molar-refractivity contribution in [2.45, 2.75) is 17.6 Å². The topological polar surface area (TPSA) is 96.6 Å². The molecule has 0 saturated carbocycles. The third-order valence-corrected chi connectivity index (χ3v) is 6.73. The number of benzene rings is 2. The summed E-state index contributed by atoms with van der Waals surface area (Å²) in [5.41, 5.74) is 3.11. The number of nitrogens with zero attached hydrogens (tertiary/aromatic N) is 4. The number of fused-ring (bicyclic) bond motifs is 1. The number of pyridine rings is 1. The van der Waals surface area contributed by atoms with E-state index < -0.39 is 9.84 Å². The van der Waals surface area contributed by atoms with Gasteiger partial charge in [0.15, 0.2) is 9.84 Å². The van der Waals surface area contributed by atoms with Gasteiger partial charge in [0.1, 0.15) is 12.4 Å². The molecule has 8 heteroatoms. The third kappa shape index (κ3) is 3.75. The highest BCUT2D eigenvalue weighted by Gasteiger charge is 2.18. The molecule has 2 aromatic carbocycles. The van der Waals surface area contributed by atoms with Gasteiger partial charge in [0.2, 0.25) is 0 Å². The molecule has 30 heavy (non-hydrogen) atoms. The lowest BCUT2D eigenvalue weighted by atomic mass is 9.98. The monoisotopic (exact) mass is 434 g/mol. The molecule has 0 N–H and O–H groups in total. The molecule has 0 aliphatic rings. The van der Waals surface area contributed by atoms with Crippen molar-refractivity contribution in [1.29, 1.82) is 5.26 Å². The molecule has 2 heterocycles. The summed E-state index contributed by atoms with van der Waals surface area (Å²) in [6, 6.07) is 13.8. The quantitative estimate of drug-likeness (QED) is 0.469. The summed E-state index contributed by atoms with van der Waals surface area (Å²) in [6.45, 7) is 1.89. The zero-order valence-electron chi connectivity index (χ0n) is 15.9. The normalized spacial score (nSPS) is 11.4. The van der Waals surface area contributed by atoms with Crippen molar-refractivity contribution in [3.05, 3.63) is 83.0 Å². The molecular weight excluding hydrogens is 420 g/mol. The zero-order valence-corrected chi connectivity index (χ0v) is 17.4. The van der Waals surface area contributed by atoms with Gasteiger partial charge in [0.05, 0.1) is 32.6 Å². The van der Waals surface area contributed by atoms with Gasteiger partial charge in [-0.15, -0.1) is 0 Å². The van der Waals surface area contributed by atoms with Crippen molar-refractivity contribution in [3.8, 4) is 17.3 Å². The predicted molar refractivity (Wildman–Crippen MR) is 115 cm³/mol. The summed E-state index contributed by atoms with van der Waals surface area (Å²) in [4.78, 5) is 12.5. The van der Waals surface area contributed by atoms with Crippen LogP contribution >= 0.6 is 11.6 Å². The minimum absolute atomic E-state index is 0.205. The van der Waals surface area contributed by atoms with E-state index in [0.29, 0.717) is 22.0 Å². The van der Waals surface area contributed by atoms with Crippen LogP contribution in [0.25, 0.3) is 22.0 Å². The van der Waals surface area contributed by atoms with Crippen LogP contribution in [-0.2, 0) is 15.6 Å². The van der Waals surface area contributed by atoms with E-state index in [1.165, 1.54) is 12.5 Å². The van der Waals surface area contributed by atoms with Crippen LogP contribution in [-0.4, -0.2) is 23.4 Å². The van der Waals surface area contributed by atoms with Crippen molar-refractivity contribution >= 4 is 32.2 Å². The van der Waals surface area contributed by atoms with Gasteiger partial charge >= 0.3 is 0 Å². The Kier molecular flexibility index (Phi) is 5.20. The molecule has 0 fully saturated rings. The van der Waals surface area contributed by atoms with Gasteiger partial charge < -0.3 is 0 Å². The minimum atomic E-state index is -3.58. The van der Waals surface area contributed by atoms with E-state index in [1.54, 1.807) is 48.7 Å².